The Morgan fingerprint density at radius 1 is 1.19 bits per heavy atom. The highest BCUT2D eigenvalue weighted by Crippen LogP contribution is 2.36. The molecule has 6 heteroatoms. The number of pyridine rings is 1. The quantitative estimate of drug-likeness (QED) is 0.580. The zero-order valence-electron chi connectivity index (χ0n) is 19.1. The van der Waals surface area contributed by atoms with E-state index in [1.165, 1.54) is 0 Å². The number of likely N-dealkylation sites (tertiary alicyclic amines) is 1. The molecule has 0 aliphatic carbocycles. The van der Waals surface area contributed by atoms with Crippen LogP contribution in [-0.4, -0.2) is 34.3 Å². The first-order valence-electron chi connectivity index (χ1n) is 11.4. The Balaban J connectivity index is 1.80. The number of piperidine rings is 1. The lowest BCUT2D eigenvalue weighted by Crippen LogP contribution is -2.40. The van der Waals surface area contributed by atoms with E-state index in [9.17, 15) is 9.90 Å². The van der Waals surface area contributed by atoms with Gasteiger partial charge in [0.15, 0.2) is 0 Å². The second kappa shape index (κ2) is 9.65. The minimum atomic E-state index is -0.325. The Morgan fingerprint density at radius 2 is 1.91 bits per heavy atom. The summed E-state index contributed by atoms with van der Waals surface area (Å²) in [7, 11) is 0. The van der Waals surface area contributed by atoms with Gasteiger partial charge in [-0.1, -0.05) is 19.1 Å². The number of benzene rings is 1. The number of aromatic nitrogens is 1. The molecule has 0 saturated carbocycles. The summed E-state index contributed by atoms with van der Waals surface area (Å²) in [6, 6.07) is 12.9. The van der Waals surface area contributed by atoms with Gasteiger partial charge in [-0.05, 0) is 81.6 Å². The SMILES string of the molecule is CCOc1ccc([C@@H](c2c(O)cc(C)n(Cc3ccco3)c2=O)N2CCC(C)CC2)cc1. The first-order chi connectivity index (χ1) is 15.5. The molecule has 0 unspecified atom stereocenters. The smallest absolute Gasteiger partial charge is 0.260 e. The molecule has 1 aliphatic heterocycles. The number of ether oxygens (including phenoxy) is 1. The lowest BCUT2D eigenvalue weighted by atomic mass is 9.92. The van der Waals surface area contributed by atoms with Gasteiger partial charge in [0.1, 0.15) is 17.3 Å². The number of hydrogen-bond acceptors (Lipinski definition) is 5. The van der Waals surface area contributed by atoms with Gasteiger partial charge in [-0.25, -0.2) is 0 Å². The molecular formula is C26H32N2O4. The van der Waals surface area contributed by atoms with Crippen molar-refractivity contribution in [2.24, 2.45) is 5.92 Å². The second-order valence-electron chi connectivity index (χ2n) is 8.68. The van der Waals surface area contributed by atoms with Crippen LogP contribution >= 0.6 is 0 Å². The lowest BCUT2D eigenvalue weighted by Gasteiger charge is -2.37. The van der Waals surface area contributed by atoms with Gasteiger partial charge in [0.05, 0.1) is 31.0 Å². The van der Waals surface area contributed by atoms with Crippen LogP contribution in [0, 0.1) is 12.8 Å². The monoisotopic (exact) mass is 436 g/mol. The van der Waals surface area contributed by atoms with Crippen molar-refractivity contribution in [3.63, 3.8) is 0 Å². The van der Waals surface area contributed by atoms with Gasteiger partial charge in [0.25, 0.3) is 5.56 Å². The molecule has 1 aliphatic rings. The molecule has 6 nitrogen and oxygen atoms in total. The summed E-state index contributed by atoms with van der Waals surface area (Å²) in [4.78, 5) is 16.1. The molecule has 1 atom stereocenters. The minimum Gasteiger partial charge on any atom is -0.507 e. The van der Waals surface area contributed by atoms with Crippen LogP contribution < -0.4 is 10.3 Å². The van der Waals surface area contributed by atoms with E-state index in [0.29, 0.717) is 36.1 Å². The topological polar surface area (TPSA) is 67.8 Å². The molecule has 1 N–H and O–H groups in total. The molecule has 3 heterocycles. The van der Waals surface area contributed by atoms with Gasteiger partial charge < -0.3 is 18.8 Å². The highest BCUT2D eigenvalue weighted by Gasteiger charge is 2.31. The highest BCUT2D eigenvalue weighted by molar-refractivity contribution is 5.42. The molecule has 1 fully saturated rings. The molecule has 1 aromatic carbocycles. The molecule has 1 saturated heterocycles. The molecule has 3 aromatic rings. The van der Waals surface area contributed by atoms with Gasteiger partial charge in [-0.2, -0.15) is 0 Å². The summed E-state index contributed by atoms with van der Waals surface area (Å²) < 4.78 is 12.8. The van der Waals surface area contributed by atoms with Crippen LogP contribution in [0.3, 0.4) is 0 Å². The maximum Gasteiger partial charge on any atom is 0.260 e. The van der Waals surface area contributed by atoms with E-state index in [-0.39, 0.29) is 17.4 Å². The Bertz CT molecular complexity index is 1080. The molecule has 0 bridgehead atoms. The fraction of sp³-hybridized carbons (Fsp3) is 0.423. The van der Waals surface area contributed by atoms with E-state index in [2.05, 4.69) is 11.8 Å². The van der Waals surface area contributed by atoms with Gasteiger partial charge >= 0.3 is 0 Å². The zero-order chi connectivity index (χ0) is 22.7. The molecule has 32 heavy (non-hydrogen) atoms. The number of hydrogen-bond donors (Lipinski definition) is 1. The molecule has 0 spiro atoms. The average Bonchev–Trinajstić information content (AvgIpc) is 3.29. The predicted molar refractivity (Wildman–Crippen MR) is 124 cm³/mol. The minimum absolute atomic E-state index is 0.0423. The van der Waals surface area contributed by atoms with Gasteiger partial charge in [0.2, 0.25) is 0 Å². The first-order valence-corrected chi connectivity index (χ1v) is 11.4. The van der Waals surface area contributed by atoms with Crippen LogP contribution in [0.4, 0.5) is 0 Å². The second-order valence-corrected chi connectivity index (χ2v) is 8.68. The zero-order valence-corrected chi connectivity index (χ0v) is 19.1. The van der Waals surface area contributed by atoms with E-state index >= 15 is 0 Å². The number of aromatic hydroxyl groups is 1. The van der Waals surface area contributed by atoms with E-state index in [4.69, 9.17) is 9.15 Å². The van der Waals surface area contributed by atoms with Crippen LogP contribution in [0.25, 0.3) is 0 Å². The fourth-order valence-electron chi connectivity index (χ4n) is 4.54. The van der Waals surface area contributed by atoms with E-state index in [1.54, 1.807) is 16.9 Å². The van der Waals surface area contributed by atoms with Crippen molar-refractivity contribution < 1.29 is 14.3 Å². The van der Waals surface area contributed by atoms with E-state index in [1.807, 2.05) is 50.2 Å². The molecular weight excluding hydrogens is 404 g/mol. The maximum atomic E-state index is 13.7. The van der Waals surface area contributed by atoms with Crippen molar-refractivity contribution in [3.8, 4) is 11.5 Å². The average molecular weight is 437 g/mol. The van der Waals surface area contributed by atoms with Gasteiger partial charge in [0, 0.05) is 5.69 Å². The maximum absolute atomic E-state index is 13.7. The standard InChI is InChI=1S/C26H32N2O4/c1-4-31-21-9-7-20(8-10-21)25(27-13-11-18(2)12-14-27)24-23(29)16-19(3)28(26(24)30)17-22-6-5-15-32-22/h5-10,15-16,18,25,29H,4,11-14,17H2,1-3H3/t25-/m0/s1. The van der Waals surface area contributed by atoms with Crippen molar-refractivity contribution >= 4 is 0 Å². The van der Waals surface area contributed by atoms with E-state index < -0.39 is 0 Å². The number of furan rings is 1. The van der Waals surface area contributed by atoms with Crippen molar-refractivity contribution in [1.82, 2.24) is 9.47 Å². The van der Waals surface area contributed by atoms with Crippen LogP contribution in [0.1, 0.15) is 55.3 Å². The van der Waals surface area contributed by atoms with Crippen molar-refractivity contribution in [1.29, 1.82) is 0 Å². The first kappa shape index (κ1) is 22.2. The summed E-state index contributed by atoms with van der Waals surface area (Å²) in [6.45, 7) is 8.75. The third-order valence-corrected chi connectivity index (χ3v) is 6.38. The van der Waals surface area contributed by atoms with Crippen molar-refractivity contribution in [2.45, 2.75) is 46.2 Å². The highest BCUT2D eigenvalue weighted by atomic mass is 16.5. The van der Waals surface area contributed by atoms with E-state index in [0.717, 1.165) is 37.2 Å². The summed E-state index contributed by atoms with van der Waals surface area (Å²) in [6.07, 6.45) is 3.75. The Labute approximate surface area is 189 Å². The Morgan fingerprint density at radius 3 is 2.53 bits per heavy atom. The predicted octanol–water partition coefficient (Wildman–Crippen LogP) is 4.72. The largest absolute Gasteiger partial charge is 0.507 e. The third-order valence-electron chi connectivity index (χ3n) is 6.38. The normalized spacial score (nSPS) is 16.2. The van der Waals surface area contributed by atoms with Gasteiger partial charge in [-0.3, -0.25) is 9.69 Å². The molecule has 170 valence electrons. The summed E-state index contributed by atoms with van der Waals surface area (Å²) >= 11 is 0. The molecule has 4 rings (SSSR count). The van der Waals surface area contributed by atoms with Crippen LogP contribution in [0.2, 0.25) is 0 Å². The van der Waals surface area contributed by atoms with Crippen LogP contribution in [-0.2, 0) is 6.54 Å². The number of rotatable bonds is 7. The van der Waals surface area contributed by atoms with Crippen LogP contribution in [0.15, 0.2) is 57.9 Å². The molecule has 2 aromatic heterocycles. The summed E-state index contributed by atoms with van der Waals surface area (Å²) in [5.74, 6) is 2.21. The summed E-state index contributed by atoms with van der Waals surface area (Å²) in [5, 5.41) is 11.0. The lowest BCUT2D eigenvalue weighted by molar-refractivity contribution is 0.154. The number of nitrogens with zero attached hydrogens (tertiary/aromatic N) is 2. The number of aryl methyl sites for hydroxylation is 1. The van der Waals surface area contributed by atoms with Crippen molar-refractivity contribution in [3.05, 3.63) is 81.7 Å². The fourth-order valence-corrected chi connectivity index (χ4v) is 4.54. The van der Waals surface area contributed by atoms with Gasteiger partial charge in [-0.15, -0.1) is 0 Å². The van der Waals surface area contributed by atoms with Crippen molar-refractivity contribution in [2.75, 3.05) is 19.7 Å². The Hall–Kier alpha value is -2.99. The molecule has 0 radical (unpaired) electrons. The Kier molecular flexibility index (Phi) is 6.70. The molecule has 0 amide bonds. The summed E-state index contributed by atoms with van der Waals surface area (Å²) in [5.41, 5.74) is 1.91. The van der Waals surface area contributed by atoms with Crippen LogP contribution in [0.5, 0.6) is 11.5 Å². The third kappa shape index (κ3) is 4.60.